The lowest BCUT2D eigenvalue weighted by atomic mass is 9.88. The number of rotatable bonds is 1. The highest BCUT2D eigenvalue weighted by Gasteiger charge is 2.35. The molecule has 4 heteroatoms. The maximum atomic E-state index is 12.5. The van der Waals surface area contributed by atoms with Crippen molar-refractivity contribution in [3.63, 3.8) is 0 Å². The Morgan fingerprint density at radius 1 is 1.37 bits per heavy atom. The normalized spacial score (nSPS) is 26.3. The second kappa shape index (κ2) is 4.85. The molecule has 2 heterocycles. The van der Waals surface area contributed by atoms with Gasteiger partial charge >= 0.3 is 0 Å². The van der Waals surface area contributed by atoms with E-state index in [-0.39, 0.29) is 11.7 Å². The Kier molecular flexibility index (Phi) is 3.19. The molecule has 2 aliphatic heterocycles. The van der Waals surface area contributed by atoms with E-state index in [0.717, 1.165) is 44.1 Å². The molecule has 2 saturated heterocycles. The summed E-state index contributed by atoms with van der Waals surface area (Å²) in [7, 11) is 0. The van der Waals surface area contributed by atoms with Crippen LogP contribution < -0.4 is 5.32 Å². The molecule has 1 aromatic rings. The lowest BCUT2D eigenvalue weighted by Gasteiger charge is -2.34. The third kappa shape index (κ3) is 2.32. The Bertz CT molecular complexity index is 501. The summed E-state index contributed by atoms with van der Waals surface area (Å²) in [5.74, 6) is 1.34. The van der Waals surface area contributed by atoms with Crippen molar-refractivity contribution in [2.45, 2.75) is 13.3 Å². The van der Waals surface area contributed by atoms with Gasteiger partial charge in [0.1, 0.15) is 5.75 Å². The van der Waals surface area contributed by atoms with Crippen LogP contribution in [0.3, 0.4) is 0 Å². The van der Waals surface area contributed by atoms with E-state index >= 15 is 0 Å². The minimum atomic E-state index is -0.0356. The number of nitrogens with one attached hydrogen (secondary N) is 1. The largest absolute Gasteiger partial charge is 0.507 e. The first-order chi connectivity index (χ1) is 9.15. The number of aryl methyl sites for hydroxylation is 1. The fourth-order valence-electron chi connectivity index (χ4n) is 3.21. The van der Waals surface area contributed by atoms with Gasteiger partial charge in [-0.15, -0.1) is 0 Å². The number of carbonyl (C=O) groups is 1. The van der Waals surface area contributed by atoms with Gasteiger partial charge in [-0.3, -0.25) is 4.79 Å². The van der Waals surface area contributed by atoms with E-state index in [9.17, 15) is 9.90 Å². The molecule has 0 bridgehead atoms. The summed E-state index contributed by atoms with van der Waals surface area (Å²) in [5.41, 5.74) is 1.43. The van der Waals surface area contributed by atoms with Gasteiger partial charge in [-0.2, -0.15) is 0 Å². The Morgan fingerprint density at radius 3 is 3.00 bits per heavy atom. The topological polar surface area (TPSA) is 52.6 Å². The van der Waals surface area contributed by atoms with Crippen LogP contribution in [0, 0.1) is 18.8 Å². The van der Waals surface area contributed by atoms with Gasteiger partial charge in [0.05, 0.1) is 5.56 Å². The molecule has 0 aliphatic carbocycles. The van der Waals surface area contributed by atoms with Crippen LogP contribution in [0.5, 0.6) is 5.75 Å². The summed E-state index contributed by atoms with van der Waals surface area (Å²) >= 11 is 0. The number of hydrogen-bond donors (Lipinski definition) is 2. The van der Waals surface area contributed by atoms with Crippen LogP contribution >= 0.6 is 0 Å². The predicted octanol–water partition coefficient (Wildman–Crippen LogP) is 1.38. The summed E-state index contributed by atoms with van der Waals surface area (Å²) < 4.78 is 0. The second-order valence-corrected chi connectivity index (χ2v) is 5.74. The number of nitrogens with zero attached hydrogens (tertiary/aromatic N) is 1. The number of hydrogen-bond acceptors (Lipinski definition) is 3. The molecular formula is C15H20N2O2. The second-order valence-electron chi connectivity index (χ2n) is 5.74. The summed E-state index contributed by atoms with van der Waals surface area (Å²) in [6, 6.07) is 5.20. The van der Waals surface area contributed by atoms with Gasteiger partial charge in [-0.1, -0.05) is 11.6 Å². The summed E-state index contributed by atoms with van der Waals surface area (Å²) in [4.78, 5) is 14.4. The monoisotopic (exact) mass is 260 g/mol. The van der Waals surface area contributed by atoms with Crippen molar-refractivity contribution in [2.75, 3.05) is 26.2 Å². The molecule has 0 spiro atoms. The van der Waals surface area contributed by atoms with Crippen LogP contribution in [0.15, 0.2) is 18.2 Å². The highest BCUT2D eigenvalue weighted by molar-refractivity contribution is 5.97. The number of benzene rings is 1. The first-order valence-electron chi connectivity index (χ1n) is 6.95. The van der Waals surface area contributed by atoms with E-state index in [1.54, 1.807) is 12.1 Å². The predicted molar refractivity (Wildman–Crippen MR) is 73.2 cm³/mol. The van der Waals surface area contributed by atoms with Gasteiger partial charge in [0.15, 0.2) is 0 Å². The summed E-state index contributed by atoms with van der Waals surface area (Å²) in [6.45, 7) is 5.64. The molecule has 0 aromatic heterocycles. The number of likely N-dealkylation sites (tertiary alicyclic amines) is 1. The molecule has 2 N–H and O–H groups in total. The third-order valence-electron chi connectivity index (χ3n) is 4.37. The molecule has 0 radical (unpaired) electrons. The number of piperidine rings is 1. The molecule has 2 aliphatic rings. The van der Waals surface area contributed by atoms with E-state index in [0.29, 0.717) is 11.5 Å². The number of carbonyl (C=O) groups excluding carboxylic acids is 1. The van der Waals surface area contributed by atoms with E-state index in [4.69, 9.17) is 0 Å². The highest BCUT2D eigenvalue weighted by Crippen LogP contribution is 2.29. The zero-order chi connectivity index (χ0) is 13.4. The molecule has 2 atom stereocenters. The van der Waals surface area contributed by atoms with Gasteiger partial charge in [-0.05, 0) is 50.4 Å². The van der Waals surface area contributed by atoms with Gasteiger partial charge in [0.2, 0.25) is 0 Å². The quantitative estimate of drug-likeness (QED) is 0.802. The van der Waals surface area contributed by atoms with Crippen LogP contribution in [-0.4, -0.2) is 42.1 Å². The Hall–Kier alpha value is -1.55. The Labute approximate surface area is 113 Å². The first kappa shape index (κ1) is 12.5. The highest BCUT2D eigenvalue weighted by atomic mass is 16.3. The molecular weight excluding hydrogens is 240 g/mol. The Morgan fingerprint density at radius 2 is 2.16 bits per heavy atom. The number of phenolic OH excluding ortho intramolecular Hbond substituents is 1. The molecule has 1 aromatic carbocycles. The smallest absolute Gasteiger partial charge is 0.257 e. The van der Waals surface area contributed by atoms with Crippen LogP contribution in [-0.2, 0) is 0 Å². The SMILES string of the molecule is Cc1ccc(O)c(C(=O)N2CCC3CNCC3C2)c1. The van der Waals surface area contributed by atoms with Gasteiger partial charge < -0.3 is 15.3 Å². The summed E-state index contributed by atoms with van der Waals surface area (Å²) in [5, 5.41) is 13.3. The molecule has 0 saturated carbocycles. The molecule has 3 rings (SSSR count). The standard InChI is InChI=1S/C15H20N2O2/c1-10-2-3-14(18)13(6-10)15(19)17-5-4-11-7-16-8-12(11)9-17/h2-3,6,11-12,16,18H,4-5,7-9H2,1H3. The average Bonchev–Trinajstić information content (AvgIpc) is 2.88. The molecule has 2 unspecified atom stereocenters. The van der Waals surface area contributed by atoms with Crippen molar-refractivity contribution in [3.05, 3.63) is 29.3 Å². The van der Waals surface area contributed by atoms with Gasteiger partial charge in [0, 0.05) is 13.1 Å². The number of amides is 1. The van der Waals surface area contributed by atoms with Crippen molar-refractivity contribution in [1.29, 1.82) is 0 Å². The van der Waals surface area contributed by atoms with Crippen LogP contribution in [0.1, 0.15) is 22.3 Å². The van der Waals surface area contributed by atoms with E-state index in [2.05, 4.69) is 5.32 Å². The number of phenols is 1. The maximum Gasteiger partial charge on any atom is 0.257 e. The van der Waals surface area contributed by atoms with Crippen LogP contribution in [0.4, 0.5) is 0 Å². The molecule has 2 fully saturated rings. The van der Waals surface area contributed by atoms with Crippen molar-refractivity contribution >= 4 is 5.91 Å². The zero-order valence-electron chi connectivity index (χ0n) is 11.2. The molecule has 102 valence electrons. The van der Waals surface area contributed by atoms with Gasteiger partial charge in [-0.25, -0.2) is 0 Å². The zero-order valence-corrected chi connectivity index (χ0v) is 11.2. The van der Waals surface area contributed by atoms with Crippen LogP contribution in [0.2, 0.25) is 0 Å². The third-order valence-corrected chi connectivity index (χ3v) is 4.37. The number of aromatic hydroxyl groups is 1. The minimum Gasteiger partial charge on any atom is -0.507 e. The van der Waals surface area contributed by atoms with Crippen molar-refractivity contribution in [3.8, 4) is 5.75 Å². The average molecular weight is 260 g/mol. The van der Waals surface area contributed by atoms with E-state index in [1.165, 1.54) is 0 Å². The molecule has 19 heavy (non-hydrogen) atoms. The minimum absolute atomic E-state index is 0.0356. The van der Waals surface area contributed by atoms with E-state index in [1.807, 2.05) is 17.9 Å². The lowest BCUT2D eigenvalue weighted by molar-refractivity contribution is 0.0639. The van der Waals surface area contributed by atoms with E-state index < -0.39 is 0 Å². The van der Waals surface area contributed by atoms with Crippen molar-refractivity contribution < 1.29 is 9.90 Å². The summed E-state index contributed by atoms with van der Waals surface area (Å²) in [6.07, 6.45) is 1.07. The van der Waals surface area contributed by atoms with Crippen molar-refractivity contribution in [1.82, 2.24) is 10.2 Å². The molecule has 1 amide bonds. The fraction of sp³-hybridized carbons (Fsp3) is 0.533. The maximum absolute atomic E-state index is 12.5. The van der Waals surface area contributed by atoms with Crippen molar-refractivity contribution in [2.24, 2.45) is 11.8 Å². The van der Waals surface area contributed by atoms with Gasteiger partial charge in [0.25, 0.3) is 5.91 Å². The Balaban J connectivity index is 1.78. The number of fused-ring (bicyclic) bond motifs is 1. The molecule has 4 nitrogen and oxygen atoms in total. The first-order valence-corrected chi connectivity index (χ1v) is 6.95. The lowest BCUT2D eigenvalue weighted by Crippen LogP contribution is -2.43. The fourth-order valence-corrected chi connectivity index (χ4v) is 3.21. The van der Waals surface area contributed by atoms with Crippen LogP contribution in [0.25, 0.3) is 0 Å².